The van der Waals surface area contributed by atoms with E-state index in [0.717, 1.165) is 0 Å². The van der Waals surface area contributed by atoms with E-state index in [2.05, 4.69) is 0 Å². The molecule has 0 atom stereocenters. The van der Waals surface area contributed by atoms with Crippen molar-refractivity contribution in [3.8, 4) is 0 Å². The highest BCUT2D eigenvalue weighted by Gasteiger charge is 2.05. The molecular formula is C7H13NO3. The molecule has 0 aromatic heterocycles. The number of carboxylic acids is 1. The van der Waals surface area contributed by atoms with E-state index < -0.39 is 5.97 Å². The SMILES string of the molecule is CN(C)CC(=O)CCC(=O)O. The Labute approximate surface area is 65.8 Å². The molecule has 0 aliphatic heterocycles. The first-order valence-corrected chi connectivity index (χ1v) is 3.40. The zero-order chi connectivity index (χ0) is 8.85. The van der Waals surface area contributed by atoms with E-state index in [1.165, 1.54) is 0 Å². The molecule has 0 saturated heterocycles. The highest BCUT2D eigenvalue weighted by Crippen LogP contribution is 1.91. The van der Waals surface area contributed by atoms with Crippen molar-refractivity contribution in [3.63, 3.8) is 0 Å². The lowest BCUT2D eigenvalue weighted by molar-refractivity contribution is -0.138. The quantitative estimate of drug-likeness (QED) is 0.612. The molecule has 0 unspecified atom stereocenters. The molecule has 0 aliphatic carbocycles. The minimum absolute atomic E-state index is 0.0302. The Morgan fingerprint density at radius 2 is 1.82 bits per heavy atom. The summed E-state index contributed by atoms with van der Waals surface area (Å²) in [5, 5.41) is 8.23. The van der Waals surface area contributed by atoms with E-state index in [4.69, 9.17) is 5.11 Å². The minimum atomic E-state index is -0.919. The molecule has 0 amide bonds. The van der Waals surface area contributed by atoms with Gasteiger partial charge in [0.15, 0.2) is 0 Å². The van der Waals surface area contributed by atoms with Gasteiger partial charge in [0.2, 0.25) is 0 Å². The van der Waals surface area contributed by atoms with E-state index in [-0.39, 0.29) is 18.6 Å². The third-order valence-corrected chi connectivity index (χ3v) is 1.11. The second kappa shape index (κ2) is 4.85. The molecule has 0 saturated carbocycles. The largest absolute Gasteiger partial charge is 0.481 e. The Hall–Kier alpha value is -0.900. The summed E-state index contributed by atoms with van der Waals surface area (Å²) >= 11 is 0. The third kappa shape index (κ3) is 6.99. The fraction of sp³-hybridized carbons (Fsp3) is 0.714. The van der Waals surface area contributed by atoms with Crippen LogP contribution in [0.15, 0.2) is 0 Å². The molecule has 0 spiro atoms. The number of hydrogen-bond acceptors (Lipinski definition) is 3. The van der Waals surface area contributed by atoms with Gasteiger partial charge in [-0.25, -0.2) is 0 Å². The summed E-state index contributed by atoms with van der Waals surface area (Å²) in [4.78, 5) is 22.6. The molecule has 0 aromatic carbocycles. The molecule has 4 heteroatoms. The van der Waals surface area contributed by atoms with Crippen LogP contribution in [0.3, 0.4) is 0 Å². The molecule has 64 valence electrons. The number of hydrogen-bond donors (Lipinski definition) is 1. The van der Waals surface area contributed by atoms with Gasteiger partial charge in [-0.15, -0.1) is 0 Å². The molecule has 0 fully saturated rings. The highest BCUT2D eigenvalue weighted by atomic mass is 16.4. The molecule has 1 N–H and O–H groups in total. The van der Waals surface area contributed by atoms with Crippen LogP contribution in [-0.4, -0.2) is 42.4 Å². The standard InChI is InChI=1S/C7H13NO3/c1-8(2)5-6(9)3-4-7(10)11/h3-5H2,1-2H3,(H,10,11). The molecule has 0 aromatic rings. The van der Waals surface area contributed by atoms with Gasteiger partial charge in [0.05, 0.1) is 13.0 Å². The lowest BCUT2D eigenvalue weighted by Gasteiger charge is -2.06. The fourth-order valence-corrected chi connectivity index (χ4v) is 0.678. The first-order valence-electron chi connectivity index (χ1n) is 3.40. The Balaban J connectivity index is 3.45. The molecule has 0 aliphatic rings. The smallest absolute Gasteiger partial charge is 0.303 e. The first-order chi connectivity index (χ1) is 5.02. The maximum absolute atomic E-state index is 10.9. The van der Waals surface area contributed by atoms with Gasteiger partial charge in [-0.2, -0.15) is 0 Å². The monoisotopic (exact) mass is 159 g/mol. The molecular weight excluding hydrogens is 146 g/mol. The summed E-state index contributed by atoms with van der Waals surface area (Å²) in [6.45, 7) is 0.327. The van der Waals surface area contributed by atoms with Crippen LogP contribution in [-0.2, 0) is 9.59 Å². The summed E-state index contributed by atoms with van der Waals surface area (Å²) in [6.07, 6.45) is 0.0696. The van der Waals surface area contributed by atoms with Gasteiger partial charge < -0.3 is 10.0 Å². The molecule has 11 heavy (non-hydrogen) atoms. The predicted octanol–water partition coefficient (Wildman–Crippen LogP) is -0.0181. The summed E-state index contributed by atoms with van der Waals surface area (Å²) in [7, 11) is 3.55. The van der Waals surface area contributed by atoms with Gasteiger partial charge in [-0.3, -0.25) is 9.59 Å². The average Bonchev–Trinajstić information content (AvgIpc) is 1.82. The minimum Gasteiger partial charge on any atom is -0.481 e. The Bertz CT molecular complexity index is 154. The van der Waals surface area contributed by atoms with Gasteiger partial charge in [0, 0.05) is 6.42 Å². The van der Waals surface area contributed by atoms with Crippen molar-refractivity contribution in [1.29, 1.82) is 0 Å². The van der Waals surface area contributed by atoms with E-state index in [1.54, 1.807) is 19.0 Å². The normalized spacial score (nSPS) is 10.1. The second-order valence-corrected chi connectivity index (χ2v) is 2.67. The van der Waals surface area contributed by atoms with Crippen LogP contribution < -0.4 is 0 Å². The third-order valence-electron chi connectivity index (χ3n) is 1.11. The van der Waals surface area contributed by atoms with Crippen LogP contribution in [0.2, 0.25) is 0 Å². The summed E-state index contributed by atoms with van der Waals surface area (Å²) in [5.74, 6) is -0.950. The Morgan fingerprint density at radius 3 is 2.18 bits per heavy atom. The number of carbonyl (C=O) groups excluding carboxylic acids is 1. The average molecular weight is 159 g/mol. The number of nitrogens with zero attached hydrogens (tertiary/aromatic N) is 1. The van der Waals surface area contributed by atoms with E-state index >= 15 is 0 Å². The van der Waals surface area contributed by atoms with Crippen molar-refractivity contribution >= 4 is 11.8 Å². The molecule has 0 bridgehead atoms. The van der Waals surface area contributed by atoms with E-state index in [0.29, 0.717) is 6.54 Å². The topological polar surface area (TPSA) is 57.6 Å². The summed E-state index contributed by atoms with van der Waals surface area (Å²) in [6, 6.07) is 0. The Morgan fingerprint density at radius 1 is 1.27 bits per heavy atom. The van der Waals surface area contributed by atoms with Crippen molar-refractivity contribution in [3.05, 3.63) is 0 Å². The maximum Gasteiger partial charge on any atom is 0.303 e. The predicted molar refractivity (Wildman–Crippen MR) is 40.4 cm³/mol. The number of likely N-dealkylation sites (N-methyl/N-ethyl adjacent to an activating group) is 1. The zero-order valence-corrected chi connectivity index (χ0v) is 6.83. The summed E-state index contributed by atoms with van der Waals surface area (Å²) in [5.41, 5.74) is 0. The van der Waals surface area contributed by atoms with Crippen molar-refractivity contribution < 1.29 is 14.7 Å². The first kappa shape index (κ1) is 10.1. The van der Waals surface area contributed by atoms with Crippen LogP contribution in [0.25, 0.3) is 0 Å². The van der Waals surface area contributed by atoms with Crippen LogP contribution in [0.1, 0.15) is 12.8 Å². The van der Waals surface area contributed by atoms with Gasteiger partial charge >= 0.3 is 5.97 Å². The number of rotatable bonds is 5. The zero-order valence-electron chi connectivity index (χ0n) is 6.83. The highest BCUT2D eigenvalue weighted by molar-refractivity contribution is 5.83. The van der Waals surface area contributed by atoms with E-state index in [9.17, 15) is 9.59 Å². The van der Waals surface area contributed by atoms with Crippen LogP contribution >= 0.6 is 0 Å². The molecule has 0 radical (unpaired) electrons. The van der Waals surface area contributed by atoms with Crippen molar-refractivity contribution in [1.82, 2.24) is 4.90 Å². The van der Waals surface area contributed by atoms with Crippen molar-refractivity contribution in [2.24, 2.45) is 0 Å². The van der Waals surface area contributed by atoms with Gasteiger partial charge in [-0.1, -0.05) is 0 Å². The molecule has 4 nitrogen and oxygen atoms in total. The van der Waals surface area contributed by atoms with Crippen molar-refractivity contribution in [2.75, 3.05) is 20.6 Å². The van der Waals surface area contributed by atoms with Crippen LogP contribution in [0.5, 0.6) is 0 Å². The lowest BCUT2D eigenvalue weighted by atomic mass is 10.2. The lowest BCUT2D eigenvalue weighted by Crippen LogP contribution is -2.21. The van der Waals surface area contributed by atoms with Gasteiger partial charge in [0.1, 0.15) is 5.78 Å². The van der Waals surface area contributed by atoms with Crippen molar-refractivity contribution in [2.45, 2.75) is 12.8 Å². The fourth-order valence-electron chi connectivity index (χ4n) is 0.678. The number of carbonyl (C=O) groups is 2. The molecule has 0 heterocycles. The van der Waals surface area contributed by atoms with Gasteiger partial charge in [0.25, 0.3) is 0 Å². The summed E-state index contributed by atoms with van der Waals surface area (Å²) < 4.78 is 0. The van der Waals surface area contributed by atoms with E-state index in [1.807, 2.05) is 0 Å². The Kier molecular flexibility index (Phi) is 4.45. The van der Waals surface area contributed by atoms with Crippen LogP contribution in [0.4, 0.5) is 0 Å². The number of carboxylic acid groups (broad SMARTS) is 1. The van der Waals surface area contributed by atoms with Crippen LogP contribution in [0, 0.1) is 0 Å². The van der Waals surface area contributed by atoms with Gasteiger partial charge in [-0.05, 0) is 14.1 Å². The maximum atomic E-state index is 10.9. The molecule has 0 rings (SSSR count). The number of ketones is 1. The number of aliphatic carboxylic acids is 1. The number of Topliss-reactive ketones (excluding diaryl/α,β-unsaturated/α-hetero) is 1. The second-order valence-electron chi connectivity index (χ2n) is 2.67.